The van der Waals surface area contributed by atoms with Crippen molar-refractivity contribution in [3.05, 3.63) is 78.0 Å². The summed E-state index contributed by atoms with van der Waals surface area (Å²) in [5.41, 5.74) is 3.89. The number of aromatic hydroxyl groups is 1. The van der Waals surface area contributed by atoms with Crippen molar-refractivity contribution in [2.24, 2.45) is 0 Å². The fourth-order valence-electron chi connectivity index (χ4n) is 2.71. The molecule has 0 bridgehead atoms. The molecule has 0 aliphatic heterocycles. The molecule has 0 unspecified atom stereocenters. The molecule has 2 amide bonds. The summed E-state index contributed by atoms with van der Waals surface area (Å²) < 4.78 is 0. The maximum absolute atomic E-state index is 12.3. The fourth-order valence-corrected chi connectivity index (χ4v) is 2.71. The van der Waals surface area contributed by atoms with Gasteiger partial charge in [0, 0.05) is 30.9 Å². The Bertz CT molecular complexity index is 950. The zero-order chi connectivity index (χ0) is 19.9. The van der Waals surface area contributed by atoms with Gasteiger partial charge in [-0.25, -0.2) is 0 Å². The summed E-state index contributed by atoms with van der Waals surface area (Å²) in [5, 5.41) is 14.9. The van der Waals surface area contributed by atoms with Crippen LogP contribution in [-0.4, -0.2) is 28.4 Å². The Balaban J connectivity index is 1.56. The van der Waals surface area contributed by atoms with Gasteiger partial charge in [0.15, 0.2) is 0 Å². The molecule has 0 atom stereocenters. The second-order valence-electron chi connectivity index (χ2n) is 6.36. The number of benzene rings is 2. The number of nitrogens with zero attached hydrogens (tertiary/aromatic N) is 1. The smallest absolute Gasteiger partial charge is 0.252 e. The zero-order valence-electron chi connectivity index (χ0n) is 15.5. The van der Waals surface area contributed by atoms with Crippen LogP contribution in [0.1, 0.15) is 22.8 Å². The van der Waals surface area contributed by atoms with Crippen molar-refractivity contribution in [3.63, 3.8) is 0 Å². The van der Waals surface area contributed by atoms with Gasteiger partial charge in [-0.2, -0.15) is 0 Å². The number of nitrogens with one attached hydrogen (secondary N) is 2. The highest BCUT2D eigenvalue weighted by molar-refractivity contribution is 5.94. The number of hydrogen-bond acceptors (Lipinski definition) is 4. The summed E-state index contributed by atoms with van der Waals surface area (Å²) in [4.78, 5) is 27.7. The van der Waals surface area contributed by atoms with Gasteiger partial charge in [0.25, 0.3) is 5.91 Å². The van der Waals surface area contributed by atoms with Gasteiger partial charge in [-0.3, -0.25) is 14.6 Å². The van der Waals surface area contributed by atoms with Crippen LogP contribution in [0.25, 0.3) is 11.3 Å². The molecule has 0 radical (unpaired) electrons. The molecule has 0 aliphatic rings. The highest BCUT2D eigenvalue weighted by Gasteiger charge is 2.07. The molecule has 3 N–H and O–H groups in total. The Morgan fingerprint density at radius 2 is 1.68 bits per heavy atom. The Morgan fingerprint density at radius 3 is 2.29 bits per heavy atom. The van der Waals surface area contributed by atoms with Crippen molar-refractivity contribution < 1.29 is 14.7 Å². The number of anilines is 1. The van der Waals surface area contributed by atoms with Crippen LogP contribution < -0.4 is 10.6 Å². The van der Waals surface area contributed by atoms with Gasteiger partial charge in [0.05, 0.1) is 11.3 Å². The summed E-state index contributed by atoms with van der Waals surface area (Å²) in [6.07, 6.45) is 2.23. The molecule has 0 aliphatic carbocycles. The molecule has 1 aromatic heterocycles. The van der Waals surface area contributed by atoms with Gasteiger partial charge in [-0.15, -0.1) is 0 Å². The summed E-state index contributed by atoms with van der Waals surface area (Å²) in [6, 6.07) is 17.8. The Hall–Kier alpha value is -3.67. The number of carbonyl (C=O) groups excluding carboxylic acids is 2. The number of carbonyl (C=O) groups is 2. The topological polar surface area (TPSA) is 91.3 Å². The van der Waals surface area contributed by atoms with Gasteiger partial charge in [-0.1, -0.05) is 24.3 Å². The van der Waals surface area contributed by atoms with Gasteiger partial charge >= 0.3 is 0 Å². The second kappa shape index (κ2) is 8.81. The minimum Gasteiger partial charge on any atom is -0.508 e. The maximum Gasteiger partial charge on any atom is 0.252 e. The molecule has 0 saturated heterocycles. The minimum atomic E-state index is -0.182. The van der Waals surface area contributed by atoms with E-state index in [1.807, 2.05) is 36.4 Å². The first-order chi connectivity index (χ1) is 13.5. The monoisotopic (exact) mass is 375 g/mol. The molecule has 0 saturated carbocycles. The molecule has 2 aromatic carbocycles. The minimum absolute atomic E-state index is 0.119. The van der Waals surface area contributed by atoms with Gasteiger partial charge in [0.1, 0.15) is 5.75 Å². The Kier molecular flexibility index (Phi) is 6.01. The molecule has 6 nitrogen and oxygen atoms in total. The van der Waals surface area contributed by atoms with Crippen LogP contribution in [0, 0.1) is 0 Å². The lowest BCUT2D eigenvalue weighted by Crippen LogP contribution is -2.25. The van der Waals surface area contributed by atoms with Crippen LogP contribution >= 0.6 is 0 Å². The van der Waals surface area contributed by atoms with E-state index in [1.54, 1.807) is 30.5 Å². The van der Waals surface area contributed by atoms with E-state index < -0.39 is 0 Å². The lowest BCUT2D eigenvalue weighted by molar-refractivity contribution is -0.114. The molecule has 0 spiro atoms. The lowest BCUT2D eigenvalue weighted by Gasteiger charge is -2.07. The van der Waals surface area contributed by atoms with Crippen LogP contribution in [0.3, 0.4) is 0 Å². The molecule has 3 rings (SSSR count). The molecular formula is C22H21N3O3. The predicted molar refractivity (Wildman–Crippen MR) is 108 cm³/mol. The third kappa shape index (κ3) is 5.17. The van der Waals surface area contributed by atoms with Crippen molar-refractivity contribution in [2.75, 3.05) is 11.9 Å². The third-order valence-corrected chi connectivity index (χ3v) is 4.16. The maximum atomic E-state index is 12.3. The van der Waals surface area contributed by atoms with Crippen molar-refractivity contribution in [1.29, 1.82) is 0 Å². The van der Waals surface area contributed by atoms with E-state index in [2.05, 4.69) is 15.6 Å². The molecule has 0 fully saturated rings. The van der Waals surface area contributed by atoms with Crippen LogP contribution in [-0.2, 0) is 11.2 Å². The second-order valence-corrected chi connectivity index (χ2v) is 6.36. The molecule has 3 aromatic rings. The number of amides is 2. The lowest BCUT2D eigenvalue weighted by atomic mass is 10.1. The largest absolute Gasteiger partial charge is 0.508 e. The molecule has 1 heterocycles. The number of pyridine rings is 1. The normalized spacial score (nSPS) is 10.3. The van der Waals surface area contributed by atoms with Crippen molar-refractivity contribution >= 4 is 17.5 Å². The number of phenols is 1. The summed E-state index contributed by atoms with van der Waals surface area (Å²) in [5.74, 6) is -0.0748. The number of rotatable bonds is 6. The van der Waals surface area contributed by atoms with E-state index in [1.165, 1.54) is 6.92 Å². The number of phenolic OH excluding ortho intramolecular Hbond substituents is 1. The quantitative estimate of drug-likeness (QED) is 0.616. The average Bonchev–Trinajstić information content (AvgIpc) is 2.70. The summed E-state index contributed by atoms with van der Waals surface area (Å²) >= 11 is 0. The summed E-state index contributed by atoms with van der Waals surface area (Å²) in [6.45, 7) is 1.96. The van der Waals surface area contributed by atoms with Crippen molar-refractivity contribution in [1.82, 2.24) is 10.3 Å². The van der Waals surface area contributed by atoms with E-state index in [4.69, 9.17) is 0 Å². The molecule has 142 valence electrons. The number of hydrogen-bond donors (Lipinski definition) is 3. The van der Waals surface area contributed by atoms with E-state index in [9.17, 15) is 14.7 Å². The van der Waals surface area contributed by atoms with Crippen LogP contribution in [0.4, 0.5) is 5.69 Å². The summed E-state index contributed by atoms with van der Waals surface area (Å²) in [7, 11) is 0. The van der Waals surface area contributed by atoms with Gasteiger partial charge in [-0.05, 0) is 48.4 Å². The highest BCUT2D eigenvalue weighted by Crippen LogP contribution is 2.19. The van der Waals surface area contributed by atoms with Crippen molar-refractivity contribution in [3.8, 4) is 17.0 Å². The van der Waals surface area contributed by atoms with Gasteiger partial charge < -0.3 is 15.7 Å². The standard InChI is InChI=1S/C22H21N3O3/c1-15(26)25-19-7-4-17(5-8-19)21-11-6-18(14-24-21)22(28)23-13-12-16-2-9-20(27)10-3-16/h2-11,14,27H,12-13H2,1H3,(H,23,28)(H,25,26). The fraction of sp³-hybridized carbons (Fsp3) is 0.136. The first-order valence-electron chi connectivity index (χ1n) is 8.91. The van der Waals surface area contributed by atoms with Crippen LogP contribution in [0.15, 0.2) is 66.9 Å². The van der Waals surface area contributed by atoms with Crippen molar-refractivity contribution in [2.45, 2.75) is 13.3 Å². The van der Waals surface area contributed by atoms with Gasteiger partial charge in [0.2, 0.25) is 5.91 Å². The predicted octanol–water partition coefficient (Wildman–Crippen LogP) is 3.39. The van der Waals surface area contributed by atoms with Crippen LogP contribution in [0.5, 0.6) is 5.75 Å². The SMILES string of the molecule is CC(=O)Nc1ccc(-c2ccc(C(=O)NCCc3ccc(O)cc3)cn2)cc1. The van der Waals surface area contributed by atoms with E-state index >= 15 is 0 Å². The molecule has 6 heteroatoms. The van der Waals surface area contributed by atoms with E-state index in [0.717, 1.165) is 22.5 Å². The highest BCUT2D eigenvalue weighted by atomic mass is 16.3. The Morgan fingerprint density at radius 1 is 0.964 bits per heavy atom. The van der Waals surface area contributed by atoms with E-state index in [-0.39, 0.29) is 17.6 Å². The molecular weight excluding hydrogens is 354 g/mol. The first kappa shape index (κ1) is 19.1. The third-order valence-electron chi connectivity index (χ3n) is 4.16. The van der Waals surface area contributed by atoms with E-state index in [0.29, 0.717) is 18.5 Å². The zero-order valence-corrected chi connectivity index (χ0v) is 15.5. The number of aromatic nitrogens is 1. The van der Waals surface area contributed by atoms with Crippen LogP contribution in [0.2, 0.25) is 0 Å². The first-order valence-corrected chi connectivity index (χ1v) is 8.91. The average molecular weight is 375 g/mol. The Labute approximate surface area is 163 Å². The molecule has 28 heavy (non-hydrogen) atoms.